The Morgan fingerprint density at radius 3 is 2.59 bits per heavy atom. The van der Waals surface area contributed by atoms with E-state index in [4.69, 9.17) is 11.6 Å². The zero-order chi connectivity index (χ0) is 22.7. The number of halogens is 2. The highest BCUT2D eigenvalue weighted by Crippen LogP contribution is 2.25. The van der Waals surface area contributed by atoms with Crippen LogP contribution < -0.4 is 4.90 Å². The van der Waals surface area contributed by atoms with Crippen LogP contribution in [0.2, 0.25) is 5.02 Å². The number of piperazine rings is 1. The Morgan fingerprint density at radius 1 is 1.12 bits per heavy atom. The van der Waals surface area contributed by atoms with E-state index < -0.39 is 5.82 Å². The first-order chi connectivity index (χ1) is 15.4. The van der Waals surface area contributed by atoms with Crippen molar-refractivity contribution in [1.29, 1.82) is 0 Å². The lowest BCUT2D eigenvalue weighted by Gasteiger charge is -2.36. The molecule has 3 aromatic rings. The smallest absolute Gasteiger partial charge is 0.233 e. The summed E-state index contributed by atoms with van der Waals surface area (Å²) >= 11 is 7.46. The van der Waals surface area contributed by atoms with Gasteiger partial charge in [-0.2, -0.15) is 0 Å². The maximum atomic E-state index is 14.4. The lowest BCUT2D eigenvalue weighted by molar-refractivity contribution is -0.128. The Labute approximate surface area is 195 Å². The Balaban J connectivity index is 1.33. The van der Waals surface area contributed by atoms with Gasteiger partial charge in [-0.15, -0.1) is 0 Å². The molecule has 1 aliphatic rings. The van der Waals surface area contributed by atoms with Crippen molar-refractivity contribution in [3.63, 3.8) is 0 Å². The molecule has 1 fully saturated rings. The van der Waals surface area contributed by atoms with Gasteiger partial charge in [-0.25, -0.2) is 9.37 Å². The van der Waals surface area contributed by atoms with Gasteiger partial charge in [-0.05, 0) is 43.3 Å². The highest BCUT2D eigenvalue weighted by Gasteiger charge is 2.23. The number of carbonyl (C=O) groups is 2. The third-order valence-electron chi connectivity index (χ3n) is 5.35. The number of amides is 1. The third-order valence-corrected chi connectivity index (χ3v) is 6.53. The molecule has 2 aromatic carbocycles. The number of anilines is 1. The molecule has 0 N–H and O–H groups in total. The third kappa shape index (κ3) is 4.97. The number of hydrogen-bond acceptors (Lipinski definition) is 5. The molecule has 2 heterocycles. The summed E-state index contributed by atoms with van der Waals surface area (Å²) in [6.07, 6.45) is 3.53. The van der Waals surface area contributed by atoms with Crippen molar-refractivity contribution in [2.24, 2.45) is 0 Å². The number of aromatic nitrogens is 2. The number of carbonyl (C=O) groups excluding carboxylic acids is 2. The highest BCUT2D eigenvalue weighted by atomic mass is 35.5. The average Bonchev–Trinajstić information content (AvgIpc) is 3.26. The maximum Gasteiger partial charge on any atom is 0.233 e. The molecule has 1 aliphatic heterocycles. The van der Waals surface area contributed by atoms with Gasteiger partial charge < -0.3 is 9.80 Å². The van der Waals surface area contributed by atoms with Crippen molar-refractivity contribution in [3.05, 3.63) is 71.3 Å². The van der Waals surface area contributed by atoms with E-state index in [1.807, 2.05) is 39.9 Å². The van der Waals surface area contributed by atoms with E-state index in [0.717, 1.165) is 5.69 Å². The molecule has 0 aliphatic carbocycles. The molecule has 0 radical (unpaired) electrons. The fraction of sp³-hybridized carbons (Fsp3) is 0.261. The summed E-state index contributed by atoms with van der Waals surface area (Å²) in [6.45, 7) is 3.50. The number of thioether (sulfide) groups is 1. The second-order valence-electron chi connectivity index (χ2n) is 7.44. The van der Waals surface area contributed by atoms with E-state index in [-0.39, 0.29) is 17.4 Å². The first kappa shape index (κ1) is 22.4. The first-order valence-corrected chi connectivity index (χ1v) is 11.5. The number of imidazole rings is 1. The second kappa shape index (κ2) is 9.75. The molecule has 0 spiro atoms. The quantitative estimate of drug-likeness (QED) is 0.395. The second-order valence-corrected chi connectivity index (χ2v) is 8.82. The molecule has 166 valence electrons. The fourth-order valence-corrected chi connectivity index (χ4v) is 4.68. The molecular weight excluding hydrogens is 451 g/mol. The van der Waals surface area contributed by atoms with Gasteiger partial charge in [0.05, 0.1) is 11.4 Å². The van der Waals surface area contributed by atoms with Crippen LogP contribution in [0.25, 0.3) is 5.69 Å². The molecule has 0 bridgehead atoms. The minimum Gasteiger partial charge on any atom is -0.366 e. The van der Waals surface area contributed by atoms with Gasteiger partial charge in [0.1, 0.15) is 5.82 Å². The molecule has 1 saturated heterocycles. The number of nitrogens with zero attached hydrogens (tertiary/aromatic N) is 4. The SMILES string of the molecule is CC(=O)c1ccc(N2CCN(C(=O)CSc3nccn3-c3cccc(Cl)c3)CC2)c(F)c1. The number of benzene rings is 2. The van der Waals surface area contributed by atoms with Crippen LogP contribution in [-0.2, 0) is 4.79 Å². The van der Waals surface area contributed by atoms with Crippen LogP contribution in [0, 0.1) is 5.82 Å². The van der Waals surface area contributed by atoms with Gasteiger partial charge in [0, 0.05) is 54.8 Å². The molecule has 6 nitrogen and oxygen atoms in total. The van der Waals surface area contributed by atoms with Crippen molar-refractivity contribution >= 4 is 40.7 Å². The number of ketones is 1. The van der Waals surface area contributed by atoms with Crippen LogP contribution >= 0.6 is 23.4 Å². The van der Waals surface area contributed by atoms with Crippen LogP contribution in [0.15, 0.2) is 60.0 Å². The lowest BCUT2D eigenvalue weighted by atomic mass is 10.1. The Kier molecular flexibility index (Phi) is 6.81. The molecular formula is C23H22ClFN4O2S. The molecule has 1 aromatic heterocycles. The topological polar surface area (TPSA) is 58.4 Å². The molecule has 0 saturated carbocycles. The minimum absolute atomic E-state index is 0.0164. The number of Topliss-reactive ketones (excluding diaryl/α,β-unsaturated/α-hetero) is 1. The summed E-state index contributed by atoms with van der Waals surface area (Å²) < 4.78 is 16.3. The summed E-state index contributed by atoms with van der Waals surface area (Å²) in [5.74, 6) is -0.304. The average molecular weight is 473 g/mol. The summed E-state index contributed by atoms with van der Waals surface area (Å²) in [5.41, 5.74) is 1.70. The predicted molar refractivity (Wildman–Crippen MR) is 124 cm³/mol. The van der Waals surface area contributed by atoms with Crippen molar-refractivity contribution in [2.45, 2.75) is 12.1 Å². The molecule has 0 unspecified atom stereocenters. The van der Waals surface area contributed by atoms with Crippen molar-refractivity contribution in [1.82, 2.24) is 14.5 Å². The molecule has 1 amide bonds. The molecule has 9 heteroatoms. The fourth-order valence-electron chi connectivity index (χ4n) is 3.62. The van der Waals surface area contributed by atoms with Gasteiger partial charge >= 0.3 is 0 Å². The van der Waals surface area contributed by atoms with Crippen molar-refractivity contribution < 1.29 is 14.0 Å². The summed E-state index contributed by atoms with van der Waals surface area (Å²) in [5, 5.41) is 1.35. The standard InChI is InChI=1S/C23H22ClFN4O2S/c1-16(30)17-5-6-21(20(25)13-17)27-9-11-28(12-10-27)22(31)15-32-23-26-7-8-29(23)19-4-2-3-18(24)14-19/h2-8,13-14H,9-12,15H2,1H3. The van der Waals surface area contributed by atoms with Crippen molar-refractivity contribution in [3.8, 4) is 5.69 Å². The summed E-state index contributed by atoms with van der Waals surface area (Å²) in [7, 11) is 0. The lowest BCUT2D eigenvalue weighted by Crippen LogP contribution is -2.49. The Hall–Kier alpha value is -2.84. The Bertz CT molecular complexity index is 1140. The van der Waals surface area contributed by atoms with E-state index in [1.54, 1.807) is 23.2 Å². The first-order valence-electron chi connectivity index (χ1n) is 10.2. The van der Waals surface area contributed by atoms with E-state index in [0.29, 0.717) is 47.6 Å². The normalized spacial score (nSPS) is 14.0. The number of hydrogen-bond donors (Lipinski definition) is 0. The summed E-state index contributed by atoms with van der Waals surface area (Å²) in [6, 6.07) is 12.0. The van der Waals surface area contributed by atoms with Gasteiger partial charge in [0.25, 0.3) is 0 Å². The zero-order valence-corrected chi connectivity index (χ0v) is 19.1. The van der Waals surface area contributed by atoms with E-state index >= 15 is 0 Å². The van der Waals surface area contributed by atoms with Gasteiger partial charge in [-0.1, -0.05) is 29.4 Å². The monoisotopic (exact) mass is 472 g/mol. The van der Waals surface area contributed by atoms with Crippen molar-refractivity contribution in [2.75, 3.05) is 36.8 Å². The van der Waals surface area contributed by atoms with Crippen LogP contribution in [0.1, 0.15) is 17.3 Å². The van der Waals surface area contributed by atoms with E-state index in [9.17, 15) is 14.0 Å². The highest BCUT2D eigenvalue weighted by molar-refractivity contribution is 7.99. The van der Waals surface area contributed by atoms with Gasteiger partial charge in [0.15, 0.2) is 10.9 Å². The predicted octanol–water partition coefficient (Wildman–Crippen LogP) is 4.31. The molecule has 0 atom stereocenters. The zero-order valence-electron chi connectivity index (χ0n) is 17.5. The largest absolute Gasteiger partial charge is 0.366 e. The van der Waals surface area contributed by atoms with E-state index in [2.05, 4.69) is 4.98 Å². The minimum atomic E-state index is -0.416. The maximum absolute atomic E-state index is 14.4. The van der Waals surface area contributed by atoms with Crippen LogP contribution in [-0.4, -0.2) is 58.1 Å². The molecule has 32 heavy (non-hydrogen) atoms. The van der Waals surface area contributed by atoms with E-state index in [1.165, 1.54) is 24.8 Å². The van der Waals surface area contributed by atoms with Gasteiger partial charge in [0.2, 0.25) is 5.91 Å². The van der Waals surface area contributed by atoms with Crippen LogP contribution in [0.3, 0.4) is 0 Å². The van der Waals surface area contributed by atoms with Crippen LogP contribution in [0.5, 0.6) is 0 Å². The Morgan fingerprint density at radius 2 is 1.91 bits per heavy atom. The van der Waals surface area contributed by atoms with Crippen LogP contribution in [0.4, 0.5) is 10.1 Å². The summed E-state index contributed by atoms with van der Waals surface area (Å²) in [4.78, 5) is 32.2. The molecule has 4 rings (SSSR count). The number of rotatable bonds is 6. The van der Waals surface area contributed by atoms with Gasteiger partial charge in [-0.3, -0.25) is 14.2 Å².